The van der Waals surface area contributed by atoms with Gasteiger partial charge in [-0.2, -0.15) is 0 Å². The van der Waals surface area contributed by atoms with E-state index in [0.717, 1.165) is 44.3 Å². The minimum absolute atomic E-state index is 0.147. The first-order chi connectivity index (χ1) is 13.1. The molecule has 0 spiro atoms. The number of anilines is 1. The van der Waals surface area contributed by atoms with E-state index in [1.54, 1.807) is 12.1 Å². The Morgan fingerprint density at radius 1 is 1.15 bits per heavy atom. The molecule has 0 radical (unpaired) electrons. The summed E-state index contributed by atoms with van der Waals surface area (Å²) < 4.78 is 5.56. The van der Waals surface area contributed by atoms with E-state index in [-0.39, 0.29) is 18.2 Å². The summed E-state index contributed by atoms with van der Waals surface area (Å²) in [5.41, 5.74) is 0.614. The van der Waals surface area contributed by atoms with Crippen molar-refractivity contribution < 1.29 is 14.3 Å². The van der Waals surface area contributed by atoms with Crippen molar-refractivity contribution in [3.63, 3.8) is 0 Å². The lowest BCUT2D eigenvalue weighted by Gasteiger charge is -2.30. The van der Waals surface area contributed by atoms with E-state index < -0.39 is 6.04 Å². The van der Waals surface area contributed by atoms with Crippen LogP contribution < -0.4 is 15.0 Å². The predicted octanol–water partition coefficient (Wildman–Crippen LogP) is 2.43. The molecule has 2 amide bonds. The van der Waals surface area contributed by atoms with Crippen LogP contribution in [0.5, 0.6) is 5.75 Å². The Morgan fingerprint density at radius 3 is 2.52 bits per heavy atom. The first kappa shape index (κ1) is 19.8. The largest absolute Gasteiger partial charge is 0.494 e. The van der Waals surface area contributed by atoms with Crippen LogP contribution in [0.3, 0.4) is 0 Å². The Labute approximate surface area is 161 Å². The number of hydrogen-bond acceptors (Lipinski definition) is 5. The molecule has 6 nitrogen and oxygen atoms in total. The highest BCUT2D eigenvalue weighted by molar-refractivity contribution is 6.22. The molecule has 1 aromatic rings. The predicted molar refractivity (Wildman–Crippen MR) is 106 cm³/mol. The maximum absolute atomic E-state index is 12.7. The summed E-state index contributed by atoms with van der Waals surface area (Å²) in [5, 5.41) is 3.28. The van der Waals surface area contributed by atoms with Gasteiger partial charge in [-0.3, -0.25) is 9.59 Å². The van der Waals surface area contributed by atoms with Crippen molar-refractivity contribution in [3.8, 4) is 5.75 Å². The van der Waals surface area contributed by atoms with E-state index in [1.807, 2.05) is 12.1 Å². The first-order valence-corrected chi connectivity index (χ1v) is 10.1. The molecule has 3 rings (SSSR count). The topological polar surface area (TPSA) is 61.9 Å². The number of likely N-dealkylation sites (tertiary alicyclic amines) is 1. The molecule has 1 aromatic carbocycles. The third kappa shape index (κ3) is 5.08. The molecule has 0 saturated carbocycles. The molecule has 0 aliphatic carbocycles. The van der Waals surface area contributed by atoms with Gasteiger partial charge in [0.05, 0.1) is 24.8 Å². The minimum Gasteiger partial charge on any atom is -0.494 e. The molecule has 0 unspecified atom stereocenters. The second-order valence-corrected chi connectivity index (χ2v) is 7.64. The lowest BCUT2D eigenvalue weighted by atomic mass is 9.99. The minimum atomic E-state index is -0.419. The fourth-order valence-corrected chi connectivity index (χ4v) is 3.66. The second kappa shape index (κ2) is 9.33. The molecule has 1 atom stereocenters. The zero-order valence-corrected chi connectivity index (χ0v) is 16.4. The van der Waals surface area contributed by atoms with Crippen LogP contribution in [0, 0.1) is 5.92 Å². The fraction of sp³-hybridized carbons (Fsp3) is 0.619. The number of carbonyl (C=O) groups excluding carboxylic acids is 2. The first-order valence-electron chi connectivity index (χ1n) is 10.1. The fourth-order valence-electron chi connectivity index (χ4n) is 3.66. The van der Waals surface area contributed by atoms with Crippen LogP contribution in [0.1, 0.15) is 39.5 Å². The Hall–Kier alpha value is -1.92. The van der Waals surface area contributed by atoms with Crippen molar-refractivity contribution in [1.29, 1.82) is 0 Å². The molecule has 2 aliphatic heterocycles. The molecule has 1 N–H and O–H groups in total. The Morgan fingerprint density at radius 2 is 1.85 bits per heavy atom. The average Bonchev–Trinajstić information content (AvgIpc) is 2.96. The van der Waals surface area contributed by atoms with Crippen LogP contribution in [-0.2, 0) is 9.59 Å². The summed E-state index contributed by atoms with van der Waals surface area (Å²) in [4.78, 5) is 28.8. The van der Waals surface area contributed by atoms with Crippen molar-refractivity contribution in [1.82, 2.24) is 10.2 Å². The van der Waals surface area contributed by atoms with Gasteiger partial charge in [-0.05, 0) is 62.5 Å². The molecule has 2 aliphatic rings. The monoisotopic (exact) mass is 373 g/mol. The van der Waals surface area contributed by atoms with Crippen molar-refractivity contribution in [2.45, 2.75) is 45.6 Å². The van der Waals surface area contributed by atoms with E-state index >= 15 is 0 Å². The highest BCUT2D eigenvalue weighted by Crippen LogP contribution is 2.25. The molecule has 6 heteroatoms. The standard InChI is InChI=1S/C21H31N3O3/c1-3-14-27-18-6-4-17(5-7-18)24-20(25)15-19(21(24)26)22-10-13-23-11-8-16(2)9-12-23/h4-7,16,19,22H,3,8-15H2,1-2H3/t19-/m0/s1. The Bertz CT molecular complexity index is 639. The Kier molecular flexibility index (Phi) is 6.85. The van der Waals surface area contributed by atoms with Gasteiger partial charge in [0.2, 0.25) is 5.91 Å². The summed E-state index contributed by atoms with van der Waals surface area (Å²) in [5.74, 6) is 1.27. The SMILES string of the molecule is CCCOc1ccc(N2C(=O)C[C@H](NCCN3CCC(C)CC3)C2=O)cc1. The van der Waals surface area contributed by atoms with Gasteiger partial charge in [-0.25, -0.2) is 4.90 Å². The van der Waals surface area contributed by atoms with Crippen LogP contribution in [-0.4, -0.2) is 55.5 Å². The highest BCUT2D eigenvalue weighted by atomic mass is 16.5. The molecule has 2 saturated heterocycles. The normalized spacial score (nSPS) is 21.9. The third-order valence-corrected chi connectivity index (χ3v) is 5.41. The zero-order chi connectivity index (χ0) is 19.2. The average molecular weight is 373 g/mol. The maximum Gasteiger partial charge on any atom is 0.251 e. The third-order valence-electron chi connectivity index (χ3n) is 5.41. The summed E-state index contributed by atoms with van der Waals surface area (Å²) in [6, 6.07) is 6.75. The van der Waals surface area contributed by atoms with Gasteiger partial charge in [-0.15, -0.1) is 0 Å². The summed E-state index contributed by atoms with van der Waals surface area (Å²) >= 11 is 0. The number of rotatable bonds is 8. The van der Waals surface area contributed by atoms with Gasteiger partial charge in [0.15, 0.2) is 0 Å². The number of ether oxygens (including phenoxy) is 1. The summed E-state index contributed by atoms with van der Waals surface area (Å²) in [6.07, 6.45) is 3.65. The number of amides is 2. The molecule has 148 valence electrons. The van der Waals surface area contributed by atoms with E-state index in [9.17, 15) is 9.59 Å². The van der Waals surface area contributed by atoms with Gasteiger partial charge >= 0.3 is 0 Å². The molecule has 2 fully saturated rings. The van der Waals surface area contributed by atoms with Crippen LogP contribution in [0.15, 0.2) is 24.3 Å². The summed E-state index contributed by atoms with van der Waals surface area (Å²) in [7, 11) is 0. The van der Waals surface area contributed by atoms with Crippen molar-refractivity contribution >= 4 is 17.5 Å². The smallest absolute Gasteiger partial charge is 0.251 e. The van der Waals surface area contributed by atoms with Crippen LogP contribution in [0.4, 0.5) is 5.69 Å². The van der Waals surface area contributed by atoms with Gasteiger partial charge < -0.3 is 15.0 Å². The molecule has 0 aromatic heterocycles. The zero-order valence-electron chi connectivity index (χ0n) is 16.4. The van der Waals surface area contributed by atoms with Gasteiger partial charge in [0.25, 0.3) is 5.91 Å². The van der Waals surface area contributed by atoms with Crippen molar-refractivity contribution in [3.05, 3.63) is 24.3 Å². The van der Waals surface area contributed by atoms with E-state index in [2.05, 4.69) is 24.1 Å². The number of imide groups is 1. The molecule has 27 heavy (non-hydrogen) atoms. The van der Waals surface area contributed by atoms with E-state index in [0.29, 0.717) is 12.3 Å². The van der Waals surface area contributed by atoms with Crippen LogP contribution >= 0.6 is 0 Å². The van der Waals surface area contributed by atoms with Gasteiger partial charge in [0, 0.05) is 13.1 Å². The van der Waals surface area contributed by atoms with E-state index in [4.69, 9.17) is 4.74 Å². The second-order valence-electron chi connectivity index (χ2n) is 7.64. The van der Waals surface area contributed by atoms with Crippen LogP contribution in [0.25, 0.3) is 0 Å². The molecule has 2 heterocycles. The van der Waals surface area contributed by atoms with E-state index in [1.165, 1.54) is 17.7 Å². The number of nitrogens with zero attached hydrogens (tertiary/aromatic N) is 2. The highest BCUT2D eigenvalue weighted by Gasteiger charge is 2.39. The van der Waals surface area contributed by atoms with Crippen LogP contribution in [0.2, 0.25) is 0 Å². The van der Waals surface area contributed by atoms with Crippen molar-refractivity contribution in [2.75, 3.05) is 37.7 Å². The lowest BCUT2D eigenvalue weighted by molar-refractivity contribution is -0.121. The number of piperidine rings is 1. The number of hydrogen-bond donors (Lipinski definition) is 1. The number of benzene rings is 1. The molecule has 0 bridgehead atoms. The lowest BCUT2D eigenvalue weighted by Crippen LogP contribution is -2.43. The van der Waals surface area contributed by atoms with Gasteiger partial charge in [0.1, 0.15) is 5.75 Å². The van der Waals surface area contributed by atoms with Crippen molar-refractivity contribution in [2.24, 2.45) is 5.92 Å². The quantitative estimate of drug-likeness (QED) is 0.709. The number of carbonyl (C=O) groups is 2. The summed E-state index contributed by atoms with van der Waals surface area (Å²) in [6.45, 7) is 8.91. The molecular formula is C21H31N3O3. The maximum atomic E-state index is 12.7. The Balaban J connectivity index is 1.50. The number of nitrogens with one attached hydrogen (secondary N) is 1. The van der Waals surface area contributed by atoms with Gasteiger partial charge in [-0.1, -0.05) is 13.8 Å². The molecular weight excluding hydrogens is 342 g/mol.